The van der Waals surface area contributed by atoms with E-state index in [2.05, 4.69) is 9.80 Å². The first kappa shape index (κ1) is 19.9. The summed E-state index contributed by atoms with van der Waals surface area (Å²) in [5, 5.41) is 0. The van der Waals surface area contributed by atoms with E-state index in [-0.39, 0.29) is 17.6 Å². The van der Waals surface area contributed by atoms with Crippen molar-refractivity contribution in [3.8, 4) is 0 Å². The Balaban J connectivity index is 1.17. The number of hydrogen-bond acceptors (Lipinski definition) is 4. The lowest BCUT2D eigenvalue weighted by atomic mass is 9.77. The summed E-state index contributed by atoms with van der Waals surface area (Å²) in [6.45, 7) is 6.56. The van der Waals surface area contributed by atoms with E-state index in [1.807, 2.05) is 0 Å². The van der Waals surface area contributed by atoms with E-state index in [1.165, 1.54) is 57.8 Å². The van der Waals surface area contributed by atoms with Gasteiger partial charge < -0.3 is 15.4 Å². The summed E-state index contributed by atoms with van der Waals surface area (Å²) in [6, 6.07) is 3.48. The smallest absolute Gasteiger partial charge is 0.129 e. The third-order valence-corrected chi connectivity index (χ3v) is 7.78. The van der Waals surface area contributed by atoms with Gasteiger partial charge in [0, 0.05) is 30.7 Å². The van der Waals surface area contributed by atoms with Crippen molar-refractivity contribution in [2.75, 3.05) is 39.3 Å². The van der Waals surface area contributed by atoms with E-state index >= 15 is 0 Å². The Morgan fingerprint density at radius 1 is 1.10 bits per heavy atom. The van der Waals surface area contributed by atoms with Crippen LogP contribution in [0.4, 0.5) is 8.78 Å². The number of ether oxygens (including phenoxy) is 1. The van der Waals surface area contributed by atoms with Crippen LogP contribution < -0.4 is 5.73 Å². The first-order valence-corrected chi connectivity index (χ1v) is 11.3. The molecule has 4 nitrogen and oxygen atoms in total. The highest BCUT2D eigenvalue weighted by molar-refractivity contribution is 5.23. The monoisotopic (exact) mass is 405 g/mol. The van der Waals surface area contributed by atoms with Crippen LogP contribution in [0.15, 0.2) is 18.2 Å². The fourth-order valence-corrected chi connectivity index (χ4v) is 5.72. The molecule has 3 saturated heterocycles. The van der Waals surface area contributed by atoms with Crippen LogP contribution in [0.3, 0.4) is 0 Å². The molecule has 0 radical (unpaired) electrons. The second-order valence-corrected chi connectivity index (χ2v) is 9.94. The van der Waals surface area contributed by atoms with Gasteiger partial charge in [0.05, 0.1) is 6.61 Å². The van der Waals surface area contributed by atoms with Crippen molar-refractivity contribution in [1.82, 2.24) is 9.80 Å². The van der Waals surface area contributed by atoms with Gasteiger partial charge in [0.1, 0.15) is 17.7 Å². The Morgan fingerprint density at radius 3 is 2.59 bits per heavy atom. The lowest BCUT2D eigenvalue weighted by Crippen LogP contribution is -2.50. The van der Waals surface area contributed by atoms with Gasteiger partial charge in [-0.1, -0.05) is 0 Å². The lowest BCUT2D eigenvalue weighted by Gasteiger charge is -2.42. The Kier molecular flexibility index (Phi) is 5.39. The van der Waals surface area contributed by atoms with Crippen molar-refractivity contribution in [2.45, 2.75) is 56.7 Å². The summed E-state index contributed by atoms with van der Waals surface area (Å²) < 4.78 is 33.7. The van der Waals surface area contributed by atoms with Crippen molar-refractivity contribution in [2.24, 2.45) is 17.1 Å². The van der Waals surface area contributed by atoms with Crippen LogP contribution in [0.25, 0.3) is 0 Å². The highest BCUT2D eigenvalue weighted by Crippen LogP contribution is 2.43. The van der Waals surface area contributed by atoms with Gasteiger partial charge in [0.2, 0.25) is 0 Å². The Labute approximate surface area is 172 Å². The molecule has 3 aliphatic heterocycles. The minimum absolute atomic E-state index is 0.247. The predicted octanol–water partition coefficient (Wildman–Crippen LogP) is 3.32. The summed E-state index contributed by atoms with van der Waals surface area (Å²) in [6.07, 6.45) is 6.92. The van der Waals surface area contributed by atoms with Crippen LogP contribution in [-0.2, 0) is 4.74 Å². The van der Waals surface area contributed by atoms with Crippen LogP contribution in [0.2, 0.25) is 0 Å². The molecular weight excluding hydrogens is 372 g/mol. The van der Waals surface area contributed by atoms with Crippen LogP contribution in [0.5, 0.6) is 0 Å². The first-order chi connectivity index (χ1) is 14.0. The van der Waals surface area contributed by atoms with Crippen molar-refractivity contribution in [3.05, 3.63) is 35.4 Å². The number of piperidine rings is 1. The fourth-order valence-electron chi connectivity index (χ4n) is 5.72. The topological polar surface area (TPSA) is 41.7 Å². The van der Waals surface area contributed by atoms with Gasteiger partial charge >= 0.3 is 0 Å². The van der Waals surface area contributed by atoms with E-state index in [4.69, 9.17) is 10.5 Å². The number of nitrogens with zero attached hydrogens (tertiary/aromatic N) is 2. The fraction of sp³-hybridized carbons (Fsp3) is 0.739. The number of rotatable bonds is 4. The second kappa shape index (κ2) is 7.88. The molecular formula is C23H33F2N3O. The van der Waals surface area contributed by atoms with Crippen molar-refractivity contribution in [1.29, 1.82) is 0 Å². The maximum Gasteiger partial charge on any atom is 0.129 e. The Bertz CT molecular complexity index is 733. The third kappa shape index (κ3) is 4.22. The molecule has 1 saturated carbocycles. The molecule has 2 N–H and O–H groups in total. The number of likely N-dealkylation sites (tertiary alicyclic amines) is 2. The van der Waals surface area contributed by atoms with Crippen molar-refractivity contribution in [3.63, 3.8) is 0 Å². The van der Waals surface area contributed by atoms with Crippen LogP contribution in [0, 0.1) is 23.0 Å². The van der Waals surface area contributed by atoms with Crippen LogP contribution in [-0.4, -0.2) is 61.2 Å². The van der Waals surface area contributed by atoms with Gasteiger partial charge in [-0.25, -0.2) is 8.78 Å². The maximum atomic E-state index is 14.2. The summed E-state index contributed by atoms with van der Waals surface area (Å²) in [4.78, 5) is 5.22. The van der Waals surface area contributed by atoms with E-state index in [1.54, 1.807) is 0 Å². The third-order valence-electron chi connectivity index (χ3n) is 7.78. The molecule has 0 aromatic heterocycles. The van der Waals surface area contributed by atoms with E-state index < -0.39 is 17.7 Å². The highest BCUT2D eigenvalue weighted by Gasteiger charge is 2.44. The zero-order valence-corrected chi connectivity index (χ0v) is 17.2. The lowest BCUT2D eigenvalue weighted by molar-refractivity contribution is -0.0501. The maximum absolute atomic E-state index is 14.2. The number of hydrogen-bond donors (Lipinski definition) is 1. The molecule has 5 rings (SSSR count). The first-order valence-electron chi connectivity index (χ1n) is 11.3. The molecule has 0 amide bonds. The Morgan fingerprint density at radius 2 is 1.86 bits per heavy atom. The molecule has 1 aromatic rings. The summed E-state index contributed by atoms with van der Waals surface area (Å²) in [5.74, 6) is 0.0816. The van der Waals surface area contributed by atoms with E-state index in [0.717, 1.165) is 37.6 Å². The van der Waals surface area contributed by atoms with Gasteiger partial charge in [-0.2, -0.15) is 0 Å². The summed E-state index contributed by atoms with van der Waals surface area (Å²) in [7, 11) is 0. The van der Waals surface area contributed by atoms with Gasteiger partial charge in [0.15, 0.2) is 0 Å². The zero-order valence-electron chi connectivity index (χ0n) is 17.2. The molecule has 0 bridgehead atoms. The molecule has 29 heavy (non-hydrogen) atoms. The van der Waals surface area contributed by atoms with Gasteiger partial charge in [-0.15, -0.1) is 0 Å². The summed E-state index contributed by atoms with van der Waals surface area (Å²) in [5.41, 5.74) is 7.08. The summed E-state index contributed by atoms with van der Waals surface area (Å²) >= 11 is 0. The highest BCUT2D eigenvalue weighted by atomic mass is 19.1. The molecule has 3 heterocycles. The average molecular weight is 406 g/mol. The van der Waals surface area contributed by atoms with Crippen LogP contribution in [0.1, 0.15) is 50.2 Å². The SMILES string of the molecule is N[C@H]1C[C@@H](N2CCC3(CCN(CC4CC4)CC3)C2)CO[C@@H]1c1cc(F)ccc1F. The quantitative estimate of drug-likeness (QED) is 0.835. The normalized spacial score (nSPS) is 33.4. The molecule has 0 unspecified atom stereocenters. The molecule has 6 heteroatoms. The van der Waals surface area contributed by atoms with Crippen molar-refractivity contribution < 1.29 is 13.5 Å². The van der Waals surface area contributed by atoms with Gasteiger partial charge in [-0.05, 0) is 87.7 Å². The average Bonchev–Trinajstić information content (AvgIpc) is 3.44. The standard InChI is InChI=1S/C23H33F2N3O/c24-17-3-4-20(25)19(11-17)22-21(26)12-18(14-29-22)28-10-7-23(15-28)5-8-27(9-6-23)13-16-1-2-16/h3-4,11,16,18,21-22H,1-2,5-10,12-15,26H2/t18-,21+,22-/m1/s1. The number of benzene rings is 1. The van der Waals surface area contributed by atoms with E-state index in [0.29, 0.717) is 12.0 Å². The molecule has 160 valence electrons. The molecule has 3 atom stereocenters. The number of halogens is 2. The second-order valence-electron chi connectivity index (χ2n) is 9.94. The molecule has 1 aliphatic carbocycles. The molecule has 1 spiro atoms. The molecule has 4 fully saturated rings. The zero-order chi connectivity index (χ0) is 20.0. The predicted molar refractivity (Wildman–Crippen MR) is 108 cm³/mol. The van der Waals surface area contributed by atoms with Gasteiger partial charge in [-0.3, -0.25) is 4.90 Å². The van der Waals surface area contributed by atoms with Gasteiger partial charge in [0.25, 0.3) is 0 Å². The van der Waals surface area contributed by atoms with Crippen molar-refractivity contribution >= 4 is 0 Å². The minimum atomic E-state index is -0.566. The molecule has 4 aliphatic rings. The minimum Gasteiger partial charge on any atom is -0.370 e. The number of nitrogens with two attached hydrogens (primary N) is 1. The van der Waals surface area contributed by atoms with Crippen LogP contribution >= 0.6 is 0 Å². The Hall–Kier alpha value is -1.08. The largest absolute Gasteiger partial charge is 0.370 e. The van der Waals surface area contributed by atoms with E-state index in [9.17, 15) is 8.78 Å². The molecule has 1 aromatic carbocycles.